The zero-order chi connectivity index (χ0) is 30.7. The van der Waals surface area contributed by atoms with Crippen LogP contribution in [-0.2, 0) is 38.1 Å². The topological polar surface area (TPSA) is 127 Å². The highest BCUT2D eigenvalue weighted by molar-refractivity contribution is 9.10. The Morgan fingerprint density at radius 3 is 2.12 bits per heavy atom. The number of Topliss-reactive ketones (excluding diaryl/α,β-unsaturated/α-hetero) is 1. The molecule has 222 valence electrons. The van der Waals surface area contributed by atoms with Crippen LogP contribution in [0.5, 0.6) is 0 Å². The lowest BCUT2D eigenvalue weighted by Gasteiger charge is -2.45. The van der Waals surface area contributed by atoms with Crippen molar-refractivity contribution in [2.75, 3.05) is 6.61 Å². The maximum atomic E-state index is 13.8. The van der Waals surface area contributed by atoms with Gasteiger partial charge in [0.15, 0.2) is 18.1 Å². The summed E-state index contributed by atoms with van der Waals surface area (Å²) < 4.78 is 25.6. The third-order valence-corrected chi connectivity index (χ3v) is 7.60. The van der Waals surface area contributed by atoms with Crippen LogP contribution < -0.4 is 0 Å². The molecule has 0 N–H and O–H groups in total. The fourth-order valence-corrected chi connectivity index (χ4v) is 5.72. The number of benzene rings is 2. The normalized spacial score (nSPS) is 21.9. The number of fused-ring (bicyclic) bond motifs is 1. The highest BCUT2D eigenvalue weighted by atomic mass is 79.9. The van der Waals surface area contributed by atoms with Crippen LogP contribution in [0.25, 0.3) is 10.9 Å². The Morgan fingerprint density at radius 2 is 1.52 bits per heavy atom. The number of halogens is 1. The Labute approximate surface area is 251 Å². The molecular formula is C31H32BrNO9. The Bertz CT molecular complexity index is 1530. The average molecular weight is 642 g/mol. The maximum Gasteiger partial charge on any atom is 0.303 e. The maximum absolute atomic E-state index is 13.8. The van der Waals surface area contributed by atoms with Crippen molar-refractivity contribution in [3.63, 3.8) is 0 Å². The summed E-state index contributed by atoms with van der Waals surface area (Å²) in [5.74, 6) is -3.17. The number of ketones is 2. The Hall–Kier alpha value is -3.83. The van der Waals surface area contributed by atoms with Gasteiger partial charge in [-0.15, -0.1) is 0 Å². The van der Waals surface area contributed by atoms with Crippen molar-refractivity contribution < 1.29 is 42.9 Å². The summed E-state index contributed by atoms with van der Waals surface area (Å²) in [7, 11) is 0. The second-order valence-corrected chi connectivity index (χ2v) is 11.3. The smallest absolute Gasteiger partial charge is 0.303 e. The first-order valence-corrected chi connectivity index (χ1v) is 14.2. The first-order valence-electron chi connectivity index (χ1n) is 13.4. The molecular weight excluding hydrogens is 610 g/mol. The van der Waals surface area contributed by atoms with Crippen LogP contribution in [0.15, 0.2) is 53.1 Å². The van der Waals surface area contributed by atoms with E-state index < -0.39 is 48.4 Å². The molecule has 1 saturated heterocycles. The monoisotopic (exact) mass is 641 g/mol. The van der Waals surface area contributed by atoms with Crippen LogP contribution in [0.1, 0.15) is 61.8 Å². The van der Waals surface area contributed by atoms with Gasteiger partial charge in [0.2, 0.25) is 0 Å². The summed E-state index contributed by atoms with van der Waals surface area (Å²) >= 11 is 3.39. The zero-order valence-electron chi connectivity index (χ0n) is 23.9. The van der Waals surface area contributed by atoms with Crippen LogP contribution in [0, 0.1) is 12.8 Å². The third-order valence-electron chi connectivity index (χ3n) is 7.08. The van der Waals surface area contributed by atoms with E-state index in [1.165, 1.54) is 27.7 Å². The molecule has 1 aliphatic rings. The minimum Gasteiger partial charge on any atom is -0.463 e. The summed E-state index contributed by atoms with van der Waals surface area (Å²) in [6.07, 6.45) is -2.72. The molecule has 0 radical (unpaired) electrons. The molecule has 2 aromatic carbocycles. The number of carbonyl (C=O) groups excluding carboxylic acids is 5. The van der Waals surface area contributed by atoms with E-state index in [1.807, 2.05) is 25.1 Å². The minimum atomic E-state index is -1.10. The van der Waals surface area contributed by atoms with Crippen molar-refractivity contribution in [3.8, 4) is 0 Å². The van der Waals surface area contributed by atoms with Gasteiger partial charge in [-0.2, -0.15) is 0 Å². The summed E-state index contributed by atoms with van der Waals surface area (Å²) in [5.41, 5.74) is 2.33. The molecule has 11 heteroatoms. The molecule has 0 spiro atoms. The molecule has 42 heavy (non-hydrogen) atoms. The van der Waals surface area contributed by atoms with Crippen LogP contribution in [0.3, 0.4) is 0 Å². The number of ether oxygens (including phenoxy) is 4. The molecule has 10 nitrogen and oxygen atoms in total. The number of aryl methyl sites for hydroxylation is 1. The van der Waals surface area contributed by atoms with Crippen LogP contribution in [-0.4, -0.2) is 59.0 Å². The van der Waals surface area contributed by atoms with Gasteiger partial charge in [0.05, 0.1) is 5.52 Å². The summed E-state index contributed by atoms with van der Waals surface area (Å²) in [6, 6.07) is 12.5. The first kappa shape index (κ1) is 31.1. The molecule has 0 unspecified atom stereocenters. The number of nitrogens with zero attached hydrogens (tertiary/aromatic N) is 1. The fourth-order valence-electron chi connectivity index (χ4n) is 5.45. The van der Waals surface area contributed by atoms with E-state index in [-0.39, 0.29) is 24.6 Å². The van der Waals surface area contributed by atoms with Gasteiger partial charge in [0, 0.05) is 60.3 Å². The number of aromatic nitrogens is 1. The second kappa shape index (κ2) is 13.0. The molecule has 1 aromatic heterocycles. The lowest BCUT2D eigenvalue weighted by Crippen LogP contribution is -2.56. The Balaban J connectivity index is 1.91. The largest absolute Gasteiger partial charge is 0.463 e. The lowest BCUT2D eigenvalue weighted by atomic mass is 9.84. The van der Waals surface area contributed by atoms with Gasteiger partial charge in [-0.25, -0.2) is 0 Å². The van der Waals surface area contributed by atoms with Gasteiger partial charge in [0.25, 0.3) is 0 Å². The van der Waals surface area contributed by atoms with E-state index in [0.717, 1.165) is 10.0 Å². The molecule has 3 aromatic rings. The van der Waals surface area contributed by atoms with Crippen molar-refractivity contribution >= 4 is 56.3 Å². The molecule has 0 saturated carbocycles. The van der Waals surface area contributed by atoms with Gasteiger partial charge in [0.1, 0.15) is 24.6 Å². The van der Waals surface area contributed by atoms with E-state index in [4.69, 9.17) is 18.9 Å². The molecule has 0 bridgehead atoms. The highest BCUT2D eigenvalue weighted by Gasteiger charge is 2.51. The molecule has 4 rings (SSSR count). The molecule has 1 fully saturated rings. The number of rotatable bonds is 9. The van der Waals surface area contributed by atoms with Crippen molar-refractivity contribution in [1.82, 2.24) is 4.57 Å². The molecule has 0 amide bonds. The van der Waals surface area contributed by atoms with E-state index in [9.17, 15) is 24.0 Å². The standard InChI is InChI=1S/C31H32BrNO9/c1-16-7-6-8-25-27(16)24(28(38)21-9-11-22(32)12-10-21)14-33(25)31-30(41-20(5)37)23(13-17(2)34)29(40-19(4)36)26(42-31)15-39-18(3)35/h6-12,14,23,26,29-31H,13,15H2,1-5H3/t23-,26+,29-,30+,31+/m0/s1. The van der Waals surface area contributed by atoms with Gasteiger partial charge < -0.3 is 28.3 Å². The minimum absolute atomic E-state index is 0.116. The van der Waals surface area contributed by atoms with Gasteiger partial charge >= 0.3 is 17.9 Å². The van der Waals surface area contributed by atoms with Crippen molar-refractivity contribution in [1.29, 1.82) is 0 Å². The molecule has 0 aliphatic carbocycles. The van der Waals surface area contributed by atoms with E-state index in [0.29, 0.717) is 22.0 Å². The van der Waals surface area contributed by atoms with Crippen LogP contribution >= 0.6 is 15.9 Å². The predicted octanol–water partition coefficient (Wildman–Crippen LogP) is 4.86. The van der Waals surface area contributed by atoms with Crippen LogP contribution in [0.2, 0.25) is 0 Å². The van der Waals surface area contributed by atoms with Crippen LogP contribution in [0.4, 0.5) is 0 Å². The number of carbonyl (C=O) groups is 5. The van der Waals surface area contributed by atoms with E-state index >= 15 is 0 Å². The van der Waals surface area contributed by atoms with Gasteiger partial charge in [-0.1, -0.05) is 28.1 Å². The number of esters is 3. The SMILES string of the molecule is CC(=O)C[C@@H]1[C@@H](OC(C)=O)[C@H](n2cc(C(=O)c3ccc(Br)cc3)c3c(C)cccc32)O[C@H](COC(C)=O)[C@H]1OC(C)=O. The zero-order valence-corrected chi connectivity index (χ0v) is 25.5. The average Bonchev–Trinajstić information content (AvgIpc) is 3.30. The quantitative estimate of drug-likeness (QED) is 0.183. The fraction of sp³-hybridized carbons (Fsp3) is 0.387. The van der Waals surface area contributed by atoms with E-state index in [2.05, 4.69) is 15.9 Å². The summed E-state index contributed by atoms with van der Waals surface area (Å²) in [6.45, 7) is 6.66. The Kier molecular flexibility index (Phi) is 9.63. The number of hydrogen-bond acceptors (Lipinski definition) is 9. The Morgan fingerprint density at radius 1 is 0.881 bits per heavy atom. The van der Waals surface area contributed by atoms with Crippen molar-refractivity contribution in [2.24, 2.45) is 5.92 Å². The van der Waals surface area contributed by atoms with Gasteiger partial charge in [-0.05, 0) is 49.7 Å². The second-order valence-electron chi connectivity index (χ2n) is 10.3. The molecule has 1 aliphatic heterocycles. The predicted molar refractivity (Wildman–Crippen MR) is 155 cm³/mol. The summed E-state index contributed by atoms with van der Waals surface area (Å²) in [5, 5.41) is 0.678. The lowest BCUT2D eigenvalue weighted by molar-refractivity contribution is -0.249. The first-order chi connectivity index (χ1) is 19.9. The van der Waals surface area contributed by atoms with Crippen molar-refractivity contribution in [3.05, 3.63) is 69.8 Å². The molecule has 5 atom stereocenters. The highest BCUT2D eigenvalue weighted by Crippen LogP contribution is 2.41. The van der Waals surface area contributed by atoms with Gasteiger partial charge in [-0.3, -0.25) is 19.2 Å². The van der Waals surface area contributed by atoms with Crippen molar-refractivity contribution in [2.45, 2.75) is 65.6 Å². The summed E-state index contributed by atoms with van der Waals surface area (Å²) in [4.78, 5) is 62.5. The van der Waals surface area contributed by atoms with E-state index in [1.54, 1.807) is 35.0 Å². The molecule has 2 heterocycles. The number of hydrogen-bond donors (Lipinski definition) is 0. The third kappa shape index (κ3) is 6.79.